The number of methoxy groups -OCH3 is 2. The number of nitrogens with zero attached hydrogens (tertiary/aromatic N) is 2. The monoisotopic (exact) mass is 414 g/mol. The summed E-state index contributed by atoms with van der Waals surface area (Å²) in [5, 5.41) is 6.77. The summed E-state index contributed by atoms with van der Waals surface area (Å²) in [4.78, 5) is 6.71. The van der Waals surface area contributed by atoms with Gasteiger partial charge in [-0.3, -0.25) is 9.89 Å². The van der Waals surface area contributed by atoms with Gasteiger partial charge in [0, 0.05) is 45.3 Å². The quantitative estimate of drug-likeness (QED) is 0.514. The van der Waals surface area contributed by atoms with Crippen LogP contribution in [0.4, 0.5) is 4.39 Å². The zero-order valence-corrected chi connectivity index (χ0v) is 18.0. The van der Waals surface area contributed by atoms with Crippen LogP contribution in [0.2, 0.25) is 0 Å². The van der Waals surface area contributed by atoms with Gasteiger partial charge in [-0.2, -0.15) is 0 Å². The molecule has 0 radical (unpaired) electrons. The molecular formula is C23H31FN4O2. The number of guanidine groups is 1. The van der Waals surface area contributed by atoms with Crippen molar-refractivity contribution in [3.63, 3.8) is 0 Å². The lowest BCUT2D eigenvalue weighted by atomic mass is 10.1. The number of halogens is 1. The van der Waals surface area contributed by atoms with Crippen molar-refractivity contribution in [2.24, 2.45) is 4.99 Å². The third-order valence-corrected chi connectivity index (χ3v) is 5.30. The Labute approximate surface area is 178 Å². The topological polar surface area (TPSA) is 58.1 Å². The fourth-order valence-corrected chi connectivity index (χ4v) is 3.71. The first-order chi connectivity index (χ1) is 14.6. The van der Waals surface area contributed by atoms with Crippen LogP contribution in [0, 0.1) is 5.82 Å². The van der Waals surface area contributed by atoms with Crippen LogP contribution in [-0.4, -0.2) is 57.8 Å². The maximum Gasteiger partial charge on any atom is 0.191 e. The van der Waals surface area contributed by atoms with Gasteiger partial charge in [-0.15, -0.1) is 0 Å². The fraction of sp³-hybridized carbons (Fsp3) is 0.435. The minimum Gasteiger partial charge on any atom is -0.497 e. The molecule has 7 heteroatoms. The Morgan fingerprint density at radius 3 is 2.57 bits per heavy atom. The molecule has 2 aromatic carbocycles. The van der Waals surface area contributed by atoms with E-state index >= 15 is 0 Å². The van der Waals surface area contributed by atoms with Crippen LogP contribution in [0.25, 0.3) is 0 Å². The number of hydrogen-bond donors (Lipinski definition) is 2. The molecule has 1 fully saturated rings. The van der Waals surface area contributed by atoms with E-state index in [0.717, 1.165) is 43.5 Å². The Morgan fingerprint density at radius 2 is 1.90 bits per heavy atom. The molecule has 1 atom stereocenters. The van der Waals surface area contributed by atoms with Gasteiger partial charge in [0.2, 0.25) is 0 Å². The van der Waals surface area contributed by atoms with Crippen LogP contribution < -0.4 is 20.1 Å². The molecule has 0 aliphatic carbocycles. The number of rotatable bonds is 8. The Hall–Kier alpha value is -2.80. The van der Waals surface area contributed by atoms with Crippen molar-refractivity contribution in [3.05, 3.63) is 59.4 Å². The van der Waals surface area contributed by atoms with Gasteiger partial charge in [-0.25, -0.2) is 4.39 Å². The summed E-state index contributed by atoms with van der Waals surface area (Å²) in [6.45, 7) is 3.39. The average Bonchev–Trinajstić information content (AvgIpc) is 3.20. The van der Waals surface area contributed by atoms with Crippen LogP contribution in [0.1, 0.15) is 17.5 Å². The predicted molar refractivity (Wildman–Crippen MR) is 118 cm³/mol. The lowest BCUT2D eigenvalue weighted by molar-refractivity contribution is 0.321. The van der Waals surface area contributed by atoms with E-state index in [1.807, 2.05) is 30.3 Å². The first kappa shape index (κ1) is 21.9. The lowest BCUT2D eigenvalue weighted by Gasteiger charge is -2.19. The number of hydrogen-bond acceptors (Lipinski definition) is 4. The molecular weight excluding hydrogens is 383 g/mol. The normalized spacial score (nSPS) is 17.1. The first-order valence-electron chi connectivity index (χ1n) is 10.3. The summed E-state index contributed by atoms with van der Waals surface area (Å²) in [6.07, 6.45) is 1.65. The molecule has 1 heterocycles. The van der Waals surface area contributed by atoms with Crippen LogP contribution in [0.5, 0.6) is 11.5 Å². The first-order valence-corrected chi connectivity index (χ1v) is 10.3. The maximum absolute atomic E-state index is 13.7. The van der Waals surface area contributed by atoms with Gasteiger partial charge >= 0.3 is 0 Å². The van der Waals surface area contributed by atoms with Gasteiger partial charge in [0.15, 0.2) is 5.96 Å². The van der Waals surface area contributed by atoms with Crippen molar-refractivity contribution in [1.82, 2.24) is 15.5 Å². The minimum atomic E-state index is -0.164. The summed E-state index contributed by atoms with van der Waals surface area (Å²) in [7, 11) is 5.09. The van der Waals surface area contributed by atoms with Crippen molar-refractivity contribution in [2.45, 2.75) is 25.4 Å². The lowest BCUT2D eigenvalue weighted by Crippen LogP contribution is -2.45. The van der Waals surface area contributed by atoms with Crippen molar-refractivity contribution >= 4 is 5.96 Å². The van der Waals surface area contributed by atoms with Gasteiger partial charge in [0.05, 0.1) is 14.2 Å². The van der Waals surface area contributed by atoms with Gasteiger partial charge < -0.3 is 20.1 Å². The molecule has 2 N–H and O–H groups in total. The Balaban J connectivity index is 1.47. The number of benzene rings is 2. The van der Waals surface area contributed by atoms with E-state index < -0.39 is 0 Å². The van der Waals surface area contributed by atoms with E-state index in [2.05, 4.69) is 20.5 Å². The van der Waals surface area contributed by atoms with Gasteiger partial charge in [0.1, 0.15) is 17.3 Å². The van der Waals surface area contributed by atoms with E-state index in [9.17, 15) is 4.39 Å². The zero-order chi connectivity index (χ0) is 21.3. The molecule has 0 saturated carbocycles. The van der Waals surface area contributed by atoms with E-state index in [0.29, 0.717) is 24.6 Å². The van der Waals surface area contributed by atoms with Crippen LogP contribution in [0.15, 0.2) is 47.5 Å². The van der Waals surface area contributed by atoms with Gasteiger partial charge in [0.25, 0.3) is 0 Å². The van der Waals surface area contributed by atoms with Crippen LogP contribution in [-0.2, 0) is 13.0 Å². The molecule has 6 nitrogen and oxygen atoms in total. The number of aliphatic imine (C=N–C) groups is 1. The smallest absolute Gasteiger partial charge is 0.191 e. The summed E-state index contributed by atoms with van der Waals surface area (Å²) in [6, 6.07) is 13.2. The predicted octanol–water partition coefficient (Wildman–Crippen LogP) is 2.82. The average molecular weight is 415 g/mol. The largest absolute Gasteiger partial charge is 0.497 e. The molecule has 2 aromatic rings. The summed E-state index contributed by atoms with van der Waals surface area (Å²) < 4.78 is 24.5. The van der Waals surface area contributed by atoms with Gasteiger partial charge in [-0.1, -0.05) is 18.2 Å². The van der Waals surface area contributed by atoms with Crippen molar-refractivity contribution in [1.29, 1.82) is 0 Å². The third-order valence-electron chi connectivity index (χ3n) is 5.30. The zero-order valence-electron chi connectivity index (χ0n) is 18.0. The van der Waals surface area contributed by atoms with Crippen LogP contribution >= 0.6 is 0 Å². The van der Waals surface area contributed by atoms with Crippen molar-refractivity contribution in [3.8, 4) is 11.5 Å². The summed E-state index contributed by atoms with van der Waals surface area (Å²) >= 11 is 0. The van der Waals surface area contributed by atoms with E-state index in [1.54, 1.807) is 27.3 Å². The molecule has 0 amide bonds. The van der Waals surface area contributed by atoms with Gasteiger partial charge in [-0.05, 0) is 42.2 Å². The highest BCUT2D eigenvalue weighted by Crippen LogP contribution is 2.24. The highest BCUT2D eigenvalue weighted by atomic mass is 19.1. The highest BCUT2D eigenvalue weighted by Gasteiger charge is 2.23. The SMILES string of the molecule is CN=C(NCCc1ccccc1F)NC1CCN(Cc2cc(OC)cc(OC)c2)C1. The second-order valence-electron chi connectivity index (χ2n) is 7.43. The molecule has 162 valence electrons. The molecule has 0 bridgehead atoms. The second-order valence-corrected chi connectivity index (χ2v) is 7.43. The minimum absolute atomic E-state index is 0.164. The summed E-state index contributed by atoms with van der Waals surface area (Å²) in [5.41, 5.74) is 1.88. The second kappa shape index (κ2) is 10.8. The van der Waals surface area contributed by atoms with E-state index in [4.69, 9.17) is 9.47 Å². The maximum atomic E-state index is 13.7. The number of ether oxygens (including phenoxy) is 2. The van der Waals surface area contributed by atoms with Crippen LogP contribution in [0.3, 0.4) is 0 Å². The molecule has 1 aliphatic rings. The fourth-order valence-electron chi connectivity index (χ4n) is 3.71. The number of likely N-dealkylation sites (tertiary alicyclic amines) is 1. The Morgan fingerprint density at radius 1 is 1.17 bits per heavy atom. The molecule has 1 saturated heterocycles. The molecule has 0 aromatic heterocycles. The standard InChI is InChI=1S/C23H31FN4O2/c1-25-23(26-10-8-18-6-4-5-7-22(18)24)27-19-9-11-28(16-19)15-17-12-20(29-2)14-21(13-17)30-3/h4-7,12-14,19H,8-11,15-16H2,1-3H3,(H2,25,26,27). The molecule has 0 spiro atoms. The molecule has 30 heavy (non-hydrogen) atoms. The summed E-state index contributed by atoms with van der Waals surface area (Å²) in [5.74, 6) is 2.19. The molecule has 1 unspecified atom stereocenters. The Bertz CT molecular complexity index is 837. The van der Waals surface area contributed by atoms with E-state index in [1.165, 1.54) is 11.6 Å². The Kier molecular flexibility index (Phi) is 7.90. The van der Waals surface area contributed by atoms with E-state index in [-0.39, 0.29) is 5.82 Å². The van der Waals surface area contributed by atoms with Crippen molar-refractivity contribution < 1.29 is 13.9 Å². The third kappa shape index (κ3) is 6.10. The van der Waals surface area contributed by atoms with Crippen molar-refractivity contribution in [2.75, 3.05) is 40.9 Å². The highest BCUT2D eigenvalue weighted by molar-refractivity contribution is 5.80. The number of nitrogens with one attached hydrogen (secondary N) is 2. The molecule has 3 rings (SSSR count). The molecule has 1 aliphatic heterocycles.